The maximum Gasteiger partial charge on any atom is 0.310 e. The first-order valence-corrected chi connectivity index (χ1v) is 5.26. The van der Waals surface area contributed by atoms with Gasteiger partial charge in [0.25, 0.3) is 0 Å². The zero-order valence-electron chi connectivity index (χ0n) is 7.88. The van der Waals surface area contributed by atoms with E-state index < -0.39 is 0 Å². The Bertz CT molecular complexity index is 513. The van der Waals surface area contributed by atoms with Crippen LogP contribution in [0.5, 0.6) is 5.88 Å². The standard InChI is InChI=1S/C10H10N2O2S/c11-8-3-1-7(2-4-8)5-12-9(13)6-15-10(12)14/h1-4,6,13H,5,11H2. The van der Waals surface area contributed by atoms with Crippen LogP contribution < -0.4 is 10.6 Å². The van der Waals surface area contributed by atoms with Gasteiger partial charge in [-0.25, -0.2) is 0 Å². The minimum atomic E-state index is -0.163. The highest BCUT2D eigenvalue weighted by atomic mass is 32.1. The highest BCUT2D eigenvalue weighted by molar-refractivity contribution is 7.07. The number of nitrogens with two attached hydrogens (primary N) is 1. The fourth-order valence-corrected chi connectivity index (χ4v) is 1.89. The molecule has 0 atom stereocenters. The van der Waals surface area contributed by atoms with E-state index in [1.807, 2.05) is 12.1 Å². The Morgan fingerprint density at radius 3 is 2.53 bits per heavy atom. The number of anilines is 1. The van der Waals surface area contributed by atoms with Crippen molar-refractivity contribution in [2.45, 2.75) is 6.54 Å². The molecule has 0 radical (unpaired) electrons. The van der Waals surface area contributed by atoms with Crippen molar-refractivity contribution in [3.63, 3.8) is 0 Å². The van der Waals surface area contributed by atoms with Crippen molar-refractivity contribution in [3.05, 3.63) is 44.9 Å². The van der Waals surface area contributed by atoms with Gasteiger partial charge < -0.3 is 10.8 Å². The van der Waals surface area contributed by atoms with Crippen molar-refractivity contribution < 1.29 is 5.11 Å². The lowest BCUT2D eigenvalue weighted by Crippen LogP contribution is -2.13. The van der Waals surface area contributed by atoms with Gasteiger partial charge in [0.1, 0.15) is 0 Å². The molecule has 3 N–H and O–H groups in total. The lowest BCUT2D eigenvalue weighted by molar-refractivity contribution is 0.421. The molecule has 78 valence electrons. The van der Waals surface area contributed by atoms with Gasteiger partial charge in [-0.05, 0) is 17.7 Å². The van der Waals surface area contributed by atoms with Crippen LogP contribution in [0.2, 0.25) is 0 Å². The normalized spacial score (nSPS) is 10.4. The Labute approximate surface area is 90.2 Å². The van der Waals surface area contributed by atoms with Gasteiger partial charge in [-0.15, -0.1) is 0 Å². The van der Waals surface area contributed by atoms with Crippen molar-refractivity contribution in [1.82, 2.24) is 4.57 Å². The number of aromatic hydroxyl groups is 1. The molecule has 5 heteroatoms. The number of thiazole rings is 1. The average Bonchev–Trinajstić information content (AvgIpc) is 2.53. The number of benzene rings is 1. The Kier molecular flexibility index (Phi) is 2.47. The van der Waals surface area contributed by atoms with Gasteiger partial charge in [0, 0.05) is 5.69 Å². The first-order chi connectivity index (χ1) is 7.16. The maximum atomic E-state index is 11.3. The van der Waals surface area contributed by atoms with E-state index in [0.717, 1.165) is 16.9 Å². The molecule has 15 heavy (non-hydrogen) atoms. The molecule has 1 aromatic carbocycles. The van der Waals surface area contributed by atoms with Crippen LogP contribution in [0.25, 0.3) is 0 Å². The summed E-state index contributed by atoms with van der Waals surface area (Å²) in [5.74, 6) is 0.00169. The van der Waals surface area contributed by atoms with Crippen LogP contribution >= 0.6 is 11.3 Å². The van der Waals surface area contributed by atoms with E-state index in [2.05, 4.69) is 0 Å². The topological polar surface area (TPSA) is 68.2 Å². The second-order valence-corrected chi connectivity index (χ2v) is 4.01. The fourth-order valence-electron chi connectivity index (χ4n) is 1.28. The zero-order valence-corrected chi connectivity index (χ0v) is 8.70. The van der Waals surface area contributed by atoms with Crippen LogP contribution in [0.1, 0.15) is 5.56 Å². The van der Waals surface area contributed by atoms with Gasteiger partial charge in [0.2, 0.25) is 5.88 Å². The van der Waals surface area contributed by atoms with Crippen molar-refractivity contribution >= 4 is 17.0 Å². The Morgan fingerprint density at radius 1 is 1.33 bits per heavy atom. The van der Waals surface area contributed by atoms with E-state index in [9.17, 15) is 9.90 Å². The minimum Gasteiger partial charge on any atom is -0.494 e. The Hall–Kier alpha value is -1.75. The van der Waals surface area contributed by atoms with Crippen LogP contribution in [0.4, 0.5) is 5.69 Å². The molecule has 2 rings (SSSR count). The van der Waals surface area contributed by atoms with Gasteiger partial charge >= 0.3 is 4.87 Å². The zero-order chi connectivity index (χ0) is 10.8. The number of hydrogen-bond donors (Lipinski definition) is 2. The lowest BCUT2D eigenvalue weighted by atomic mass is 10.2. The molecule has 2 aromatic rings. The molecule has 0 saturated heterocycles. The maximum absolute atomic E-state index is 11.3. The number of hydrogen-bond acceptors (Lipinski definition) is 4. The Morgan fingerprint density at radius 2 is 2.00 bits per heavy atom. The van der Waals surface area contributed by atoms with Crippen LogP contribution in [0.15, 0.2) is 34.4 Å². The molecule has 0 aliphatic carbocycles. The SMILES string of the molecule is Nc1ccc(Cn2c(O)csc2=O)cc1. The summed E-state index contributed by atoms with van der Waals surface area (Å²) in [5, 5.41) is 10.8. The fraction of sp³-hybridized carbons (Fsp3) is 0.100. The minimum absolute atomic E-state index is 0.00169. The molecule has 4 nitrogen and oxygen atoms in total. The number of rotatable bonds is 2. The molecule has 0 aliphatic heterocycles. The van der Waals surface area contributed by atoms with E-state index >= 15 is 0 Å². The summed E-state index contributed by atoms with van der Waals surface area (Å²) in [6.07, 6.45) is 0. The summed E-state index contributed by atoms with van der Waals surface area (Å²) in [6.45, 7) is 0.369. The van der Waals surface area contributed by atoms with Crippen molar-refractivity contribution in [2.24, 2.45) is 0 Å². The smallest absolute Gasteiger partial charge is 0.310 e. The van der Waals surface area contributed by atoms with E-state index in [-0.39, 0.29) is 10.8 Å². The van der Waals surface area contributed by atoms with Gasteiger partial charge in [0.05, 0.1) is 11.9 Å². The second-order valence-electron chi connectivity index (χ2n) is 3.19. The third-order valence-electron chi connectivity index (χ3n) is 2.08. The first kappa shape index (κ1) is 9.79. The molecule has 0 bridgehead atoms. The predicted octanol–water partition coefficient (Wildman–Crippen LogP) is 1.25. The summed E-state index contributed by atoms with van der Waals surface area (Å²) >= 11 is 0.986. The molecule has 0 amide bonds. The van der Waals surface area contributed by atoms with E-state index in [1.165, 1.54) is 9.95 Å². The molecule has 0 saturated carbocycles. The summed E-state index contributed by atoms with van der Waals surface area (Å²) in [6, 6.07) is 7.20. The quantitative estimate of drug-likeness (QED) is 0.751. The van der Waals surface area contributed by atoms with Gasteiger partial charge in [0.15, 0.2) is 0 Å². The summed E-state index contributed by atoms with van der Waals surface area (Å²) < 4.78 is 1.32. The lowest BCUT2D eigenvalue weighted by Gasteiger charge is -2.03. The summed E-state index contributed by atoms with van der Waals surface area (Å²) in [7, 11) is 0. The molecule has 1 heterocycles. The number of aromatic nitrogens is 1. The first-order valence-electron chi connectivity index (χ1n) is 4.38. The average molecular weight is 222 g/mol. The van der Waals surface area contributed by atoms with Crippen molar-refractivity contribution in [3.8, 4) is 5.88 Å². The van der Waals surface area contributed by atoms with Gasteiger partial charge in [-0.3, -0.25) is 9.36 Å². The molecular formula is C10H10N2O2S. The third kappa shape index (κ3) is 2.02. The molecule has 1 aromatic heterocycles. The predicted molar refractivity (Wildman–Crippen MR) is 60.2 cm³/mol. The largest absolute Gasteiger partial charge is 0.494 e. The van der Waals surface area contributed by atoms with Gasteiger partial charge in [-0.2, -0.15) is 0 Å². The van der Waals surface area contributed by atoms with Crippen LogP contribution in [-0.4, -0.2) is 9.67 Å². The number of nitrogens with zero attached hydrogens (tertiary/aromatic N) is 1. The number of nitrogen functional groups attached to an aromatic ring is 1. The monoisotopic (exact) mass is 222 g/mol. The summed E-state index contributed by atoms with van der Waals surface area (Å²) in [4.78, 5) is 11.1. The highest BCUT2D eigenvalue weighted by Crippen LogP contribution is 2.13. The molecule has 0 spiro atoms. The Balaban J connectivity index is 2.29. The highest BCUT2D eigenvalue weighted by Gasteiger charge is 2.05. The van der Waals surface area contributed by atoms with E-state index in [4.69, 9.17) is 5.73 Å². The third-order valence-corrected chi connectivity index (χ3v) is 2.83. The van der Waals surface area contributed by atoms with Crippen molar-refractivity contribution in [2.75, 3.05) is 5.73 Å². The summed E-state index contributed by atoms with van der Waals surface area (Å²) in [5.41, 5.74) is 7.16. The van der Waals surface area contributed by atoms with Gasteiger partial charge in [-0.1, -0.05) is 23.5 Å². The second kappa shape index (κ2) is 3.78. The molecule has 0 aliphatic rings. The molecule has 0 fully saturated rings. The molecular weight excluding hydrogens is 212 g/mol. The van der Waals surface area contributed by atoms with E-state index in [0.29, 0.717) is 12.2 Å². The van der Waals surface area contributed by atoms with Crippen molar-refractivity contribution in [1.29, 1.82) is 0 Å². The van der Waals surface area contributed by atoms with Crippen LogP contribution in [-0.2, 0) is 6.54 Å². The van der Waals surface area contributed by atoms with Crippen LogP contribution in [0.3, 0.4) is 0 Å². The molecule has 0 unspecified atom stereocenters. The van der Waals surface area contributed by atoms with E-state index in [1.54, 1.807) is 12.1 Å². The van der Waals surface area contributed by atoms with Crippen LogP contribution in [0, 0.1) is 0 Å².